The molecule has 0 aromatic heterocycles. The van der Waals surface area contributed by atoms with E-state index in [0.717, 1.165) is 11.1 Å². The lowest BCUT2D eigenvalue weighted by molar-refractivity contribution is 0.791. The lowest BCUT2D eigenvalue weighted by atomic mass is 10.2. The van der Waals surface area contributed by atoms with Gasteiger partial charge in [-0.1, -0.05) is 0 Å². The summed E-state index contributed by atoms with van der Waals surface area (Å²) in [7, 11) is 0. The van der Waals surface area contributed by atoms with E-state index in [1.54, 1.807) is 6.92 Å². The van der Waals surface area contributed by atoms with Crippen molar-refractivity contribution in [1.82, 2.24) is 5.43 Å². The second-order valence-corrected chi connectivity index (χ2v) is 1.90. The molecule has 0 atom stereocenters. The van der Waals surface area contributed by atoms with Gasteiger partial charge < -0.3 is 0 Å². The van der Waals surface area contributed by atoms with Gasteiger partial charge in [0, 0.05) is 12.1 Å². The Hall–Kier alpha value is -0.850. The van der Waals surface area contributed by atoms with E-state index >= 15 is 0 Å². The number of hydrogen-bond donors (Lipinski definition) is 2. The summed E-state index contributed by atoms with van der Waals surface area (Å²) in [5.41, 5.74) is 4.19. The average molecular weight is 125 g/mol. The third-order valence-electron chi connectivity index (χ3n) is 1.18. The van der Waals surface area contributed by atoms with Crippen LogP contribution in [0.1, 0.15) is 13.8 Å². The van der Waals surface area contributed by atoms with Crippen molar-refractivity contribution in [2.45, 2.75) is 13.8 Å². The smallest absolute Gasteiger partial charge is 0.0944 e. The number of nitrogens with zero attached hydrogens (tertiary/aromatic N) is 1. The largest absolute Gasteiger partial charge is 0.271 e. The molecular weight excluding hydrogens is 114 g/mol. The maximum absolute atomic E-state index is 8.36. The van der Waals surface area contributed by atoms with Gasteiger partial charge in [0.2, 0.25) is 0 Å². The van der Waals surface area contributed by atoms with Gasteiger partial charge >= 0.3 is 0 Å². The van der Waals surface area contributed by atoms with Crippen LogP contribution in [0.2, 0.25) is 0 Å². The zero-order chi connectivity index (χ0) is 7.28. The Bertz CT molecular complexity index is 152. The molecular formula is C6H11N3. The van der Waals surface area contributed by atoms with E-state index in [1.807, 2.05) is 13.0 Å². The lowest BCUT2D eigenvalue weighted by Crippen LogP contribution is -2.23. The Morgan fingerprint density at radius 2 is 2.22 bits per heavy atom. The van der Waals surface area contributed by atoms with Gasteiger partial charge in [-0.3, -0.25) is 11.3 Å². The van der Waals surface area contributed by atoms with Crippen molar-refractivity contribution in [2.24, 2.45) is 5.84 Å². The third-order valence-corrected chi connectivity index (χ3v) is 1.18. The molecule has 0 rings (SSSR count). The molecule has 0 radical (unpaired) electrons. The summed E-state index contributed by atoms with van der Waals surface area (Å²) in [6.45, 7) is 4.23. The minimum absolute atomic E-state index is 0.583. The van der Waals surface area contributed by atoms with Crippen LogP contribution < -0.4 is 11.3 Å². The van der Waals surface area contributed by atoms with Crippen LogP contribution >= 0.6 is 0 Å². The van der Waals surface area contributed by atoms with Crippen LogP contribution in [0.5, 0.6) is 0 Å². The molecule has 0 aliphatic rings. The standard InChI is InChI=1S/C6H11N3/c1-5(3-7)6(2)4-9-8/h9H,4,8H2,1-2H3. The molecule has 3 nitrogen and oxygen atoms in total. The summed E-state index contributed by atoms with van der Waals surface area (Å²) in [6, 6.07) is 2.03. The fourth-order valence-corrected chi connectivity index (χ4v) is 0.381. The molecule has 0 aliphatic carbocycles. The first kappa shape index (κ1) is 8.15. The maximum atomic E-state index is 8.36. The van der Waals surface area contributed by atoms with Crippen molar-refractivity contribution in [3.05, 3.63) is 11.1 Å². The molecule has 0 saturated heterocycles. The van der Waals surface area contributed by atoms with Crippen LogP contribution in [0, 0.1) is 11.3 Å². The molecule has 0 aromatic carbocycles. The quantitative estimate of drug-likeness (QED) is 0.317. The van der Waals surface area contributed by atoms with Crippen LogP contribution in [-0.4, -0.2) is 6.54 Å². The van der Waals surface area contributed by atoms with Crippen molar-refractivity contribution < 1.29 is 0 Å². The Balaban J connectivity index is 3.98. The van der Waals surface area contributed by atoms with Crippen LogP contribution in [0.4, 0.5) is 0 Å². The highest BCUT2D eigenvalue weighted by Crippen LogP contribution is 1.98. The van der Waals surface area contributed by atoms with Crippen molar-refractivity contribution in [3.8, 4) is 6.07 Å². The van der Waals surface area contributed by atoms with Crippen LogP contribution in [0.15, 0.2) is 11.1 Å². The predicted octanol–water partition coefficient (Wildman–Crippen LogP) is 0.310. The van der Waals surface area contributed by atoms with Gasteiger partial charge in [0.05, 0.1) is 6.07 Å². The molecule has 3 heteroatoms. The van der Waals surface area contributed by atoms with E-state index in [4.69, 9.17) is 11.1 Å². The first-order valence-electron chi connectivity index (χ1n) is 2.72. The SMILES string of the molecule is CC(C#N)=C(C)CNN. The predicted molar refractivity (Wildman–Crippen MR) is 36.2 cm³/mol. The molecule has 0 spiro atoms. The van der Waals surface area contributed by atoms with Gasteiger partial charge in [0.15, 0.2) is 0 Å². The van der Waals surface area contributed by atoms with E-state index < -0.39 is 0 Å². The number of allylic oxidation sites excluding steroid dienone is 1. The van der Waals surface area contributed by atoms with E-state index in [-0.39, 0.29) is 0 Å². The molecule has 0 aromatic rings. The molecule has 0 aliphatic heterocycles. The molecule has 0 amide bonds. The van der Waals surface area contributed by atoms with E-state index in [0.29, 0.717) is 6.54 Å². The van der Waals surface area contributed by atoms with Gasteiger partial charge in [0.25, 0.3) is 0 Å². The minimum Gasteiger partial charge on any atom is -0.271 e. The molecule has 0 bridgehead atoms. The average Bonchev–Trinajstić information content (AvgIpc) is 1.87. The third kappa shape index (κ3) is 2.85. The summed E-state index contributed by atoms with van der Waals surface area (Å²) in [5, 5.41) is 8.36. The first-order chi connectivity index (χ1) is 4.22. The summed E-state index contributed by atoms with van der Waals surface area (Å²) in [6.07, 6.45) is 0. The summed E-state index contributed by atoms with van der Waals surface area (Å²) >= 11 is 0. The zero-order valence-corrected chi connectivity index (χ0v) is 5.73. The Morgan fingerprint density at radius 3 is 2.56 bits per heavy atom. The fraction of sp³-hybridized carbons (Fsp3) is 0.500. The Kier molecular flexibility index (Phi) is 3.69. The van der Waals surface area contributed by atoms with Crippen molar-refractivity contribution in [1.29, 1.82) is 5.26 Å². The van der Waals surface area contributed by atoms with Gasteiger partial charge in [-0.25, -0.2) is 0 Å². The van der Waals surface area contributed by atoms with E-state index in [2.05, 4.69) is 5.43 Å². The van der Waals surface area contributed by atoms with Crippen molar-refractivity contribution in [2.75, 3.05) is 6.54 Å². The minimum atomic E-state index is 0.583. The van der Waals surface area contributed by atoms with Gasteiger partial charge in [-0.15, -0.1) is 0 Å². The van der Waals surface area contributed by atoms with Crippen LogP contribution in [-0.2, 0) is 0 Å². The second kappa shape index (κ2) is 4.07. The van der Waals surface area contributed by atoms with Gasteiger partial charge in [0.1, 0.15) is 0 Å². The number of nitrogens with one attached hydrogen (secondary N) is 1. The lowest BCUT2D eigenvalue weighted by Gasteiger charge is -1.97. The van der Waals surface area contributed by atoms with Crippen LogP contribution in [0.25, 0.3) is 0 Å². The van der Waals surface area contributed by atoms with Crippen molar-refractivity contribution in [3.63, 3.8) is 0 Å². The first-order valence-corrected chi connectivity index (χ1v) is 2.72. The normalized spacial score (nSPS) is 12.2. The molecule has 3 N–H and O–H groups in total. The highest BCUT2D eigenvalue weighted by Gasteiger charge is 1.91. The molecule has 50 valence electrons. The highest BCUT2D eigenvalue weighted by molar-refractivity contribution is 5.24. The number of nitriles is 1. The number of rotatable bonds is 2. The van der Waals surface area contributed by atoms with Crippen LogP contribution in [0.3, 0.4) is 0 Å². The molecule has 0 fully saturated rings. The fourth-order valence-electron chi connectivity index (χ4n) is 0.381. The monoisotopic (exact) mass is 125 g/mol. The Morgan fingerprint density at radius 1 is 1.67 bits per heavy atom. The maximum Gasteiger partial charge on any atom is 0.0944 e. The molecule has 0 heterocycles. The van der Waals surface area contributed by atoms with E-state index in [9.17, 15) is 0 Å². The highest BCUT2D eigenvalue weighted by atomic mass is 15.2. The molecule has 9 heavy (non-hydrogen) atoms. The number of hydrazine groups is 1. The topological polar surface area (TPSA) is 61.8 Å². The summed E-state index contributed by atoms with van der Waals surface area (Å²) in [4.78, 5) is 0. The van der Waals surface area contributed by atoms with E-state index in [1.165, 1.54) is 0 Å². The number of hydrogen-bond acceptors (Lipinski definition) is 3. The molecule has 0 unspecified atom stereocenters. The Labute approximate surface area is 55.1 Å². The summed E-state index contributed by atoms with van der Waals surface area (Å²) < 4.78 is 0. The zero-order valence-electron chi connectivity index (χ0n) is 5.73. The summed E-state index contributed by atoms with van der Waals surface area (Å²) in [5.74, 6) is 5.03. The van der Waals surface area contributed by atoms with Gasteiger partial charge in [-0.2, -0.15) is 5.26 Å². The van der Waals surface area contributed by atoms with Gasteiger partial charge in [-0.05, 0) is 19.4 Å². The van der Waals surface area contributed by atoms with Crippen molar-refractivity contribution >= 4 is 0 Å². The second-order valence-electron chi connectivity index (χ2n) is 1.90. The molecule has 0 saturated carbocycles. The number of nitrogens with two attached hydrogens (primary N) is 1.